The summed E-state index contributed by atoms with van der Waals surface area (Å²) >= 11 is 0. The molecule has 8 aliphatic carbocycles. The first-order valence-corrected chi connectivity index (χ1v) is 21.2. The molecule has 54 heavy (non-hydrogen) atoms. The highest BCUT2D eigenvalue weighted by Gasteiger charge is 2.73. The number of carbonyl (C=O) groups excluding carboxylic acids is 5. The summed E-state index contributed by atoms with van der Waals surface area (Å²) in [6, 6.07) is 0. The van der Waals surface area contributed by atoms with Gasteiger partial charge in [-0.1, -0.05) is 13.8 Å². The number of carboxylic acids is 1. The molecule has 10 aliphatic rings. The van der Waals surface area contributed by atoms with E-state index in [1.807, 2.05) is 20.8 Å². The van der Waals surface area contributed by atoms with Crippen LogP contribution in [0, 0.1) is 136 Å². The molecule has 0 aromatic carbocycles. The van der Waals surface area contributed by atoms with Gasteiger partial charge in [-0.25, -0.2) is 0 Å². The lowest BCUT2D eigenvalue weighted by molar-refractivity contribution is -0.166. The molecule has 8 saturated carbocycles. The quantitative estimate of drug-likeness (QED) is 0.212. The van der Waals surface area contributed by atoms with Crippen LogP contribution in [0.25, 0.3) is 0 Å². The Labute approximate surface area is 316 Å². The highest BCUT2D eigenvalue weighted by atomic mass is 16.6. The predicted molar refractivity (Wildman–Crippen MR) is 187 cm³/mol. The number of cyclic esters (lactones) is 4. The van der Waals surface area contributed by atoms with Gasteiger partial charge in [-0.3, -0.25) is 28.8 Å². The lowest BCUT2D eigenvalue weighted by atomic mass is 9.53. The summed E-state index contributed by atoms with van der Waals surface area (Å²) in [5, 5.41) is 20.6. The van der Waals surface area contributed by atoms with Gasteiger partial charge in [0.05, 0.1) is 35.5 Å². The first kappa shape index (κ1) is 35.6. The van der Waals surface area contributed by atoms with E-state index < -0.39 is 65.0 Å². The molecule has 2 aliphatic heterocycles. The van der Waals surface area contributed by atoms with Gasteiger partial charge >= 0.3 is 35.8 Å². The van der Waals surface area contributed by atoms with E-state index in [2.05, 4.69) is 13.8 Å². The van der Waals surface area contributed by atoms with Crippen LogP contribution in [-0.4, -0.2) is 58.2 Å². The second-order valence-corrected chi connectivity index (χ2v) is 21.0. The van der Waals surface area contributed by atoms with Crippen molar-refractivity contribution in [1.29, 1.82) is 0 Å². The Morgan fingerprint density at radius 1 is 0.593 bits per heavy atom. The van der Waals surface area contributed by atoms with Crippen LogP contribution in [0.4, 0.5) is 0 Å². The maximum atomic E-state index is 14.5. The SMILES string of the molecule is CC1C2CC(CC2C(=O)O)C1C1C2CC(CC2CO)C1C1C(=O)OC(=O)C1C1C2CC(CC2C(=O)OC(C)(C)C)C1C1C(C)C2CC1C1C(=O)OC(=O)C21. The van der Waals surface area contributed by atoms with Crippen molar-refractivity contribution in [3.05, 3.63) is 0 Å². The largest absolute Gasteiger partial charge is 0.481 e. The number of aliphatic hydroxyl groups is 1. The lowest BCUT2D eigenvalue weighted by Crippen LogP contribution is -2.51. The Balaban J connectivity index is 1.04. The fourth-order valence-electron chi connectivity index (χ4n) is 17.3. The van der Waals surface area contributed by atoms with E-state index in [1.54, 1.807) is 0 Å². The van der Waals surface area contributed by atoms with Crippen molar-refractivity contribution in [2.24, 2.45) is 136 Å². The van der Waals surface area contributed by atoms with Crippen molar-refractivity contribution in [1.82, 2.24) is 0 Å². The summed E-state index contributed by atoms with van der Waals surface area (Å²) in [5.41, 5.74) is -0.682. The summed E-state index contributed by atoms with van der Waals surface area (Å²) in [6.45, 7) is 10.0. The number of rotatable bonds is 7. The molecule has 23 unspecified atom stereocenters. The third kappa shape index (κ3) is 4.68. The molecule has 0 aromatic rings. The zero-order chi connectivity index (χ0) is 38.0. The van der Waals surface area contributed by atoms with E-state index in [0.717, 1.165) is 32.1 Å². The lowest BCUT2D eigenvalue weighted by Gasteiger charge is -2.49. The summed E-state index contributed by atoms with van der Waals surface area (Å²) in [7, 11) is 0. The molecule has 11 nitrogen and oxygen atoms in total. The molecular formula is C43H56O11. The predicted octanol–water partition coefficient (Wildman–Crippen LogP) is 4.62. The van der Waals surface area contributed by atoms with E-state index in [0.29, 0.717) is 12.8 Å². The van der Waals surface area contributed by atoms with Crippen LogP contribution < -0.4 is 0 Å². The minimum Gasteiger partial charge on any atom is -0.481 e. The maximum absolute atomic E-state index is 14.5. The topological polar surface area (TPSA) is 171 Å². The van der Waals surface area contributed by atoms with Gasteiger partial charge in [0.15, 0.2) is 0 Å². The van der Waals surface area contributed by atoms with Crippen molar-refractivity contribution in [3.63, 3.8) is 0 Å². The summed E-state index contributed by atoms with van der Waals surface area (Å²) in [6.07, 6.45) is 5.34. The zero-order valence-corrected chi connectivity index (χ0v) is 32.0. The van der Waals surface area contributed by atoms with Crippen LogP contribution in [0.2, 0.25) is 0 Å². The van der Waals surface area contributed by atoms with E-state index >= 15 is 0 Å². The number of hydrogen-bond donors (Lipinski definition) is 2. The van der Waals surface area contributed by atoms with E-state index in [4.69, 9.17) is 14.2 Å². The fourth-order valence-corrected chi connectivity index (χ4v) is 17.3. The molecule has 23 atom stereocenters. The van der Waals surface area contributed by atoms with Crippen LogP contribution in [0.15, 0.2) is 0 Å². The number of hydrogen-bond acceptors (Lipinski definition) is 10. The van der Waals surface area contributed by atoms with Gasteiger partial charge in [0.25, 0.3) is 0 Å². The number of ether oxygens (including phenoxy) is 3. The van der Waals surface area contributed by atoms with Crippen molar-refractivity contribution >= 4 is 35.8 Å². The molecule has 10 rings (SSSR count). The van der Waals surface area contributed by atoms with Crippen LogP contribution in [0.5, 0.6) is 0 Å². The Morgan fingerprint density at radius 3 is 1.76 bits per heavy atom. The van der Waals surface area contributed by atoms with E-state index in [1.165, 1.54) is 0 Å². The average molecular weight is 749 g/mol. The fraction of sp³-hybridized carbons (Fsp3) is 0.860. The number of aliphatic carboxylic acids is 1. The molecule has 2 N–H and O–H groups in total. The van der Waals surface area contributed by atoms with Crippen LogP contribution in [0.1, 0.15) is 79.6 Å². The number of esters is 5. The monoisotopic (exact) mass is 748 g/mol. The van der Waals surface area contributed by atoms with Crippen molar-refractivity contribution < 1.29 is 53.2 Å². The Morgan fingerprint density at radius 2 is 1.13 bits per heavy atom. The molecule has 10 fully saturated rings. The third-order valence-electron chi connectivity index (χ3n) is 18.4. The molecule has 2 heterocycles. The highest BCUT2D eigenvalue weighted by molar-refractivity contribution is 5.98. The molecular weight excluding hydrogens is 692 g/mol. The first-order chi connectivity index (χ1) is 25.6. The van der Waals surface area contributed by atoms with Crippen LogP contribution in [-0.2, 0) is 43.0 Å². The normalized spacial score (nSPS) is 54.9. The van der Waals surface area contributed by atoms with Gasteiger partial charge < -0.3 is 24.4 Å². The van der Waals surface area contributed by atoms with E-state index in [9.17, 15) is 39.0 Å². The molecule has 2 saturated heterocycles. The summed E-state index contributed by atoms with van der Waals surface area (Å²) < 4.78 is 17.0. The standard InChI is InChI=1S/C43H56O11/c1-14-20-7-17(10-24(20)37(45)46)27(14)31-22-8-16(6-19(22)13-44)30(31)35-36(42(51)53-41(35)50)32-23-9-18(11-25(23)38(47)54-43(3,4)5)29(32)28-15(2)21-12-26(28)34-33(21)39(48)52-40(34)49/h14-36,44H,6-13H2,1-5H3,(H,45,46). The van der Waals surface area contributed by atoms with E-state index in [-0.39, 0.29) is 119 Å². The average Bonchev–Trinajstić information content (AvgIpc) is 3.95. The Kier molecular flexibility index (Phi) is 7.81. The van der Waals surface area contributed by atoms with Gasteiger partial charge in [0, 0.05) is 6.61 Å². The first-order valence-electron chi connectivity index (χ1n) is 21.2. The van der Waals surface area contributed by atoms with Gasteiger partial charge in [0.2, 0.25) is 0 Å². The number of fused-ring (bicyclic) bond motifs is 11. The minimum atomic E-state index is -0.734. The van der Waals surface area contributed by atoms with Crippen LogP contribution in [0.3, 0.4) is 0 Å². The van der Waals surface area contributed by atoms with Crippen molar-refractivity contribution in [2.75, 3.05) is 6.61 Å². The highest BCUT2D eigenvalue weighted by Crippen LogP contribution is 2.73. The minimum absolute atomic E-state index is 0.0194. The molecule has 8 bridgehead atoms. The molecule has 11 heteroatoms. The Hall–Kier alpha value is -2.82. The van der Waals surface area contributed by atoms with Crippen molar-refractivity contribution in [2.45, 2.75) is 85.2 Å². The second kappa shape index (κ2) is 11.9. The Bertz CT molecular complexity index is 1690. The molecule has 0 spiro atoms. The van der Waals surface area contributed by atoms with Gasteiger partial charge in [-0.15, -0.1) is 0 Å². The number of aliphatic hydroxyl groups excluding tert-OH is 1. The van der Waals surface area contributed by atoms with Gasteiger partial charge in [-0.2, -0.15) is 0 Å². The third-order valence-corrected chi connectivity index (χ3v) is 18.4. The summed E-state index contributed by atoms with van der Waals surface area (Å²) in [5.74, 6) is -5.02. The smallest absolute Gasteiger partial charge is 0.317 e. The van der Waals surface area contributed by atoms with Crippen molar-refractivity contribution in [3.8, 4) is 0 Å². The molecule has 0 radical (unpaired) electrons. The molecule has 294 valence electrons. The number of carboxylic acid groups (broad SMARTS) is 1. The van der Waals surface area contributed by atoms with Gasteiger partial charge in [-0.05, 0) is 166 Å². The molecule has 0 amide bonds. The second-order valence-electron chi connectivity index (χ2n) is 21.0. The molecule has 0 aromatic heterocycles. The number of carbonyl (C=O) groups is 6. The zero-order valence-electron chi connectivity index (χ0n) is 32.0. The van der Waals surface area contributed by atoms with Gasteiger partial charge in [0.1, 0.15) is 5.60 Å². The van der Waals surface area contributed by atoms with Crippen LogP contribution >= 0.6 is 0 Å². The maximum Gasteiger partial charge on any atom is 0.317 e. The summed E-state index contributed by atoms with van der Waals surface area (Å²) in [4.78, 5) is 81.1.